The molecule has 2 unspecified atom stereocenters. The summed E-state index contributed by atoms with van der Waals surface area (Å²) in [6, 6.07) is 3.36. The SMILES string of the molecule is CC1CCC(CNC(=O)c2cc(NN)ccn2)C1. The Hall–Kier alpha value is -1.62. The average molecular weight is 248 g/mol. The number of aromatic nitrogens is 1. The fourth-order valence-corrected chi connectivity index (χ4v) is 2.48. The Kier molecular flexibility index (Phi) is 4.15. The molecule has 1 heterocycles. The van der Waals surface area contributed by atoms with Gasteiger partial charge in [0.25, 0.3) is 5.91 Å². The molecule has 0 saturated heterocycles. The Balaban J connectivity index is 1.87. The maximum atomic E-state index is 11.9. The molecule has 0 spiro atoms. The third kappa shape index (κ3) is 3.20. The Morgan fingerprint density at radius 2 is 2.39 bits per heavy atom. The van der Waals surface area contributed by atoms with Gasteiger partial charge in [0, 0.05) is 12.7 Å². The monoisotopic (exact) mass is 248 g/mol. The van der Waals surface area contributed by atoms with Gasteiger partial charge in [-0.3, -0.25) is 15.6 Å². The molecule has 1 fully saturated rings. The van der Waals surface area contributed by atoms with Crippen LogP contribution in [-0.4, -0.2) is 17.4 Å². The molecule has 0 radical (unpaired) electrons. The van der Waals surface area contributed by atoms with Crippen LogP contribution in [0.5, 0.6) is 0 Å². The number of hydrogen-bond acceptors (Lipinski definition) is 4. The number of hydrazine groups is 1. The maximum absolute atomic E-state index is 11.9. The van der Waals surface area contributed by atoms with Crippen LogP contribution in [0.25, 0.3) is 0 Å². The highest BCUT2D eigenvalue weighted by atomic mass is 16.1. The standard InChI is InChI=1S/C13H20N4O/c1-9-2-3-10(6-9)8-16-13(18)12-7-11(17-14)4-5-15-12/h4-5,7,9-10H,2-3,6,8,14H2,1H3,(H,15,17)(H,16,18). The molecule has 1 aliphatic carbocycles. The first kappa shape index (κ1) is 12.8. The van der Waals surface area contributed by atoms with Crippen LogP contribution in [0.2, 0.25) is 0 Å². The van der Waals surface area contributed by atoms with Crippen LogP contribution < -0.4 is 16.6 Å². The van der Waals surface area contributed by atoms with Crippen molar-refractivity contribution in [3.05, 3.63) is 24.0 Å². The topological polar surface area (TPSA) is 80.0 Å². The number of hydrogen-bond donors (Lipinski definition) is 3. The van der Waals surface area contributed by atoms with Gasteiger partial charge in [-0.25, -0.2) is 0 Å². The molecular formula is C13H20N4O. The molecule has 18 heavy (non-hydrogen) atoms. The highest BCUT2D eigenvalue weighted by Gasteiger charge is 2.21. The molecule has 1 amide bonds. The van der Waals surface area contributed by atoms with E-state index in [4.69, 9.17) is 5.84 Å². The van der Waals surface area contributed by atoms with E-state index in [1.54, 1.807) is 18.3 Å². The van der Waals surface area contributed by atoms with Gasteiger partial charge in [-0.2, -0.15) is 0 Å². The second kappa shape index (κ2) is 5.82. The van der Waals surface area contributed by atoms with Gasteiger partial charge in [0.15, 0.2) is 0 Å². The Morgan fingerprint density at radius 1 is 1.56 bits per heavy atom. The zero-order valence-corrected chi connectivity index (χ0v) is 10.6. The van der Waals surface area contributed by atoms with E-state index in [2.05, 4.69) is 22.7 Å². The summed E-state index contributed by atoms with van der Waals surface area (Å²) in [6.07, 6.45) is 5.25. The lowest BCUT2D eigenvalue weighted by Gasteiger charge is -2.11. The van der Waals surface area contributed by atoms with Crippen LogP contribution >= 0.6 is 0 Å². The molecule has 2 rings (SSSR count). The molecule has 1 aromatic rings. The predicted molar refractivity (Wildman–Crippen MR) is 70.9 cm³/mol. The van der Waals surface area contributed by atoms with E-state index in [0.717, 1.165) is 12.5 Å². The summed E-state index contributed by atoms with van der Waals surface area (Å²) in [5.74, 6) is 6.56. The number of anilines is 1. The van der Waals surface area contributed by atoms with Gasteiger partial charge >= 0.3 is 0 Å². The largest absolute Gasteiger partial charge is 0.350 e. The zero-order chi connectivity index (χ0) is 13.0. The molecule has 1 saturated carbocycles. The van der Waals surface area contributed by atoms with Crippen molar-refractivity contribution < 1.29 is 4.79 Å². The molecule has 0 aromatic carbocycles. The summed E-state index contributed by atoms with van der Waals surface area (Å²) >= 11 is 0. The van der Waals surface area contributed by atoms with Gasteiger partial charge in [-0.05, 0) is 36.8 Å². The molecule has 1 aromatic heterocycles. The predicted octanol–water partition coefficient (Wildman–Crippen LogP) is 1.53. The second-order valence-electron chi connectivity index (χ2n) is 5.07. The minimum Gasteiger partial charge on any atom is -0.350 e. The molecule has 98 valence electrons. The number of nitrogen functional groups attached to an aromatic ring is 1. The first-order valence-corrected chi connectivity index (χ1v) is 6.40. The van der Waals surface area contributed by atoms with Gasteiger partial charge in [0.1, 0.15) is 5.69 Å². The van der Waals surface area contributed by atoms with Crippen LogP contribution in [0.4, 0.5) is 5.69 Å². The normalized spacial score (nSPS) is 22.8. The van der Waals surface area contributed by atoms with Crippen molar-refractivity contribution in [1.29, 1.82) is 0 Å². The number of nitrogens with zero attached hydrogens (tertiary/aromatic N) is 1. The molecule has 1 aliphatic rings. The summed E-state index contributed by atoms with van der Waals surface area (Å²) in [7, 11) is 0. The number of nitrogens with one attached hydrogen (secondary N) is 2. The Labute approximate surface area is 107 Å². The van der Waals surface area contributed by atoms with E-state index in [-0.39, 0.29) is 5.91 Å². The van der Waals surface area contributed by atoms with Gasteiger partial charge in [0.2, 0.25) is 0 Å². The number of carbonyl (C=O) groups excluding carboxylic acids is 1. The number of pyridine rings is 1. The molecule has 0 aliphatic heterocycles. The lowest BCUT2D eigenvalue weighted by atomic mass is 10.1. The highest BCUT2D eigenvalue weighted by Crippen LogP contribution is 2.29. The van der Waals surface area contributed by atoms with Crippen molar-refractivity contribution in [3.8, 4) is 0 Å². The summed E-state index contributed by atoms with van der Waals surface area (Å²) in [5.41, 5.74) is 3.59. The van der Waals surface area contributed by atoms with Crippen LogP contribution in [0.15, 0.2) is 18.3 Å². The summed E-state index contributed by atoms with van der Waals surface area (Å²) < 4.78 is 0. The quantitative estimate of drug-likeness (QED) is 0.557. The number of carbonyl (C=O) groups is 1. The summed E-state index contributed by atoms with van der Waals surface area (Å²) in [6.45, 7) is 3.00. The maximum Gasteiger partial charge on any atom is 0.269 e. The summed E-state index contributed by atoms with van der Waals surface area (Å²) in [4.78, 5) is 15.9. The van der Waals surface area contributed by atoms with E-state index in [9.17, 15) is 4.79 Å². The third-order valence-corrected chi connectivity index (χ3v) is 3.51. The molecule has 0 bridgehead atoms. The molecule has 5 heteroatoms. The van der Waals surface area contributed by atoms with Crippen LogP contribution in [-0.2, 0) is 0 Å². The third-order valence-electron chi connectivity index (χ3n) is 3.51. The first-order chi connectivity index (χ1) is 8.69. The summed E-state index contributed by atoms with van der Waals surface area (Å²) in [5, 5.41) is 2.94. The minimum absolute atomic E-state index is 0.133. The van der Waals surface area contributed by atoms with E-state index in [0.29, 0.717) is 17.3 Å². The Morgan fingerprint density at radius 3 is 3.06 bits per heavy atom. The zero-order valence-electron chi connectivity index (χ0n) is 10.6. The van der Waals surface area contributed by atoms with Crippen molar-refractivity contribution in [2.24, 2.45) is 17.7 Å². The minimum atomic E-state index is -0.133. The number of rotatable bonds is 4. The van der Waals surface area contributed by atoms with Crippen molar-refractivity contribution in [2.45, 2.75) is 26.2 Å². The van der Waals surface area contributed by atoms with E-state index in [1.165, 1.54) is 19.3 Å². The number of nitrogens with two attached hydrogens (primary N) is 1. The molecule has 2 atom stereocenters. The second-order valence-corrected chi connectivity index (χ2v) is 5.07. The van der Waals surface area contributed by atoms with Crippen molar-refractivity contribution in [3.63, 3.8) is 0 Å². The first-order valence-electron chi connectivity index (χ1n) is 6.40. The lowest BCUT2D eigenvalue weighted by Crippen LogP contribution is -2.29. The van der Waals surface area contributed by atoms with Gasteiger partial charge in [-0.15, -0.1) is 0 Å². The average Bonchev–Trinajstić information content (AvgIpc) is 2.82. The van der Waals surface area contributed by atoms with E-state index >= 15 is 0 Å². The lowest BCUT2D eigenvalue weighted by molar-refractivity contribution is 0.0942. The fraction of sp³-hybridized carbons (Fsp3) is 0.538. The highest BCUT2D eigenvalue weighted by molar-refractivity contribution is 5.93. The van der Waals surface area contributed by atoms with Gasteiger partial charge in [-0.1, -0.05) is 13.3 Å². The van der Waals surface area contributed by atoms with Gasteiger partial charge in [0.05, 0.1) is 5.69 Å². The van der Waals surface area contributed by atoms with E-state index in [1.807, 2.05) is 0 Å². The molecular weight excluding hydrogens is 228 g/mol. The number of amides is 1. The van der Waals surface area contributed by atoms with E-state index < -0.39 is 0 Å². The van der Waals surface area contributed by atoms with Crippen LogP contribution in [0, 0.1) is 11.8 Å². The smallest absolute Gasteiger partial charge is 0.269 e. The van der Waals surface area contributed by atoms with Crippen LogP contribution in [0.1, 0.15) is 36.7 Å². The van der Waals surface area contributed by atoms with Crippen molar-refractivity contribution in [2.75, 3.05) is 12.0 Å². The van der Waals surface area contributed by atoms with Crippen molar-refractivity contribution in [1.82, 2.24) is 10.3 Å². The van der Waals surface area contributed by atoms with Crippen LogP contribution in [0.3, 0.4) is 0 Å². The van der Waals surface area contributed by atoms with Crippen molar-refractivity contribution >= 4 is 11.6 Å². The van der Waals surface area contributed by atoms with Gasteiger partial charge < -0.3 is 10.7 Å². The molecule has 5 nitrogen and oxygen atoms in total. The molecule has 4 N–H and O–H groups in total. The Bertz CT molecular complexity index is 421. The fourth-order valence-electron chi connectivity index (χ4n) is 2.48.